The Morgan fingerprint density at radius 2 is 1.86 bits per heavy atom. The summed E-state index contributed by atoms with van der Waals surface area (Å²) in [7, 11) is 0. The second kappa shape index (κ2) is 11.2. The summed E-state index contributed by atoms with van der Waals surface area (Å²) >= 11 is 0. The molecule has 0 spiro atoms. The minimum Gasteiger partial charge on any atom is -0.486 e. The van der Waals surface area contributed by atoms with Crippen molar-refractivity contribution in [3.8, 4) is 5.75 Å². The van der Waals surface area contributed by atoms with Gasteiger partial charge in [0.2, 0.25) is 0 Å². The smallest absolute Gasteiger partial charge is 0.291 e. The Bertz CT molecular complexity index is 1140. The second-order valence-electron chi connectivity index (χ2n) is 8.51. The number of rotatable bonds is 9. The van der Waals surface area contributed by atoms with Crippen molar-refractivity contribution in [2.75, 3.05) is 31.6 Å². The van der Waals surface area contributed by atoms with E-state index in [2.05, 4.69) is 36.4 Å². The van der Waals surface area contributed by atoms with Crippen molar-refractivity contribution >= 4 is 17.5 Å². The highest BCUT2D eigenvalue weighted by atomic mass is 16.5. The number of anilines is 1. The molecule has 1 unspecified atom stereocenters. The zero-order chi connectivity index (χ0) is 24.8. The molecule has 4 rings (SSSR count). The molecule has 0 bridgehead atoms. The van der Waals surface area contributed by atoms with Crippen LogP contribution >= 0.6 is 0 Å². The SMILES string of the molecule is CCC(C)c1ccc(OCc2ccc(C(=O)Nc3cnn(CC)c3C(=O)N3CCOCC3)o2)cc1. The number of carbonyl (C=O) groups is 2. The number of morpholine rings is 1. The van der Waals surface area contributed by atoms with Crippen LogP contribution in [0.5, 0.6) is 5.75 Å². The molecule has 1 atom stereocenters. The highest BCUT2D eigenvalue weighted by molar-refractivity contribution is 6.07. The molecule has 35 heavy (non-hydrogen) atoms. The molecule has 1 aliphatic rings. The number of ether oxygens (including phenoxy) is 2. The molecule has 9 heteroatoms. The normalized spacial score (nSPS) is 14.5. The van der Waals surface area contributed by atoms with Gasteiger partial charge in [0.05, 0.1) is 25.1 Å². The lowest BCUT2D eigenvalue weighted by molar-refractivity contribution is 0.0295. The molecule has 0 aliphatic carbocycles. The van der Waals surface area contributed by atoms with Gasteiger partial charge in [0, 0.05) is 19.6 Å². The molecular weight excluding hydrogens is 448 g/mol. The van der Waals surface area contributed by atoms with Gasteiger partial charge < -0.3 is 24.1 Å². The Kier molecular flexibility index (Phi) is 7.87. The van der Waals surface area contributed by atoms with Crippen molar-refractivity contribution in [1.29, 1.82) is 0 Å². The minimum absolute atomic E-state index is 0.129. The molecule has 1 aromatic carbocycles. The number of aryl methyl sites for hydroxylation is 1. The van der Waals surface area contributed by atoms with Gasteiger partial charge in [0.15, 0.2) is 5.76 Å². The van der Waals surface area contributed by atoms with Gasteiger partial charge >= 0.3 is 0 Å². The van der Waals surface area contributed by atoms with Gasteiger partial charge in [-0.25, -0.2) is 0 Å². The number of hydrogen-bond donors (Lipinski definition) is 1. The minimum atomic E-state index is -0.458. The lowest BCUT2D eigenvalue weighted by atomic mass is 9.99. The zero-order valence-electron chi connectivity index (χ0n) is 20.5. The maximum atomic E-state index is 13.1. The van der Waals surface area contributed by atoms with E-state index in [9.17, 15) is 9.59 Å². The van der Waals surface area contributed by atoms with Gasteiger partial charge in [-0.2, -0.15) is 5.10 Å². The highest BCUT2D eigenvalue weighted by Crippen LogP contribution is 2.23. The third-order valence-electron chi connectivity index (χ3n) is 6.22. The van der Waals surface area contributed by atoms with E-state index in [1.54, 1.807) is 21.7 Å². The van der Waals surface area contributed by atoms with Crippen LogP contribution in [0.25, 0.3) is 0 Å². The van der Waals surface area contributed by atoms with Crippen LogP contribution in [0.1, 0.15) is 65.5 Å². The maximum absolute atomic E-state index is 13.1. The topological polar surface area (TPSA) is 98.8 Å². The van der Waals surface area contributed by atoms with Gasteiger partial charge in [-0.1, -0.05) is 26.0 Å². The van der Waals surface area contributed by atoms with E-state index in [-0.39, 0.29) is 18.3 Å². The van der Waals surface area contributed by atoms with Crippen LogP contribution in [0.2, 0.25) is 0 Å². The fourth-order valence-corrected chi connectivity index (χ4v) is 3.90. The first-order valence-electron chi connectivity index (χ1n) is 12.1. The first-order chi connectivity index (χ1) is 17.0. The van der Waals surface area contributed by atoms with Crippen LogP contribution in [-0.2, 0) is 17.9 Å². The number of aromatic nitrogens is 2. The van der Waals surface area contributed by atoms with E-state index in [1.165, 1.54) is 11.8 Å². The average molecular weight is 481 g/mol. The monoisotopic (exact) mass is 480 g/mol. The first kappa shape index (κ1) is 24.5. The van der Waals surface area contributed by atoms with Crippen molar-refractivity contribution in [2.24, 2.45) is 0 Å². The van der Waals surface area contributed by atoms with Crippen molar-refractivity contribution < 1.29 is 23.5 Å². The van der Waals surface area contributed by atoms with Gasteiger partial charge in [-0.05, 0) is 49.1 Å². The Morgan fingerprint density at radius 3 is 2.54 bits per heavy atom. The summed E-state index contributed by atoms with van der Waals surface area (Å²) in [6.45, 7) is 8.95. The predicted octanol–water partition coefficient (Wildman–Crippen LogP) is 4.31. The molecule has 2 aromatic heterocycles. The lowest BCUT2D eigenvalue weighted by Crippen LogP contribution is -2.41. The van der Waals surface area contributed by atoms with E-state index >= 15 is 0 Å². The quantitative estimate of drug-likeness (QED) is 0.490. The standard InChI is InChI=1S/C26H32N4O5/c1-4-18(3)19-6-8-20(9-7-19)34-17-21-10-11-23(35-21)25(31)28-22-16-27-30(5-2)24(22)26(32)29-12-14-33-15-13-29/h6-11,16,18H,4-5,12-15,17H2,1-3H3,(H,28,31). The summed E-state index contributed by atoms with van der Waals surface area (Å²) in [5, 5.41) is 7.04. The molecule has 3 heterocycles. The molecule has 9 nitrogen and oxygen atoms in total. The molecule has 1 saturated heterocycles. The molecular formula is C26H32N4O5. The van der Waals surface area contributed by atoms with E-state index < -0.39 is 5.91 Å². The largest absolute Gasteiger partial charge is 0.486 e. The van der Waals surface area contributed by atoms with Gasteiger partial charge in [0.1, 0.15) is 23.8 Å². The lowest BCUT2D eigenvalue weighted by Gasteiger charge is -2.27. The van der Waals surface area contributed by atoms with Gasteiger partial charge in [0.25, 0.3) is 11.8 Å². The Balaban J connectivity index is 1.39. The van der Waals surface area contributed by atoms with E-state index in [1.807, 2.05) is 19.1 Å². The van der Waals surface area contributed by atoms with Crippen LogP contribution in [0.4, 0.5) is 5.69 Å². The van der Waals surface area contributed by atoms with Crippen LogP contribution < -0.4 is 10.1 Å². The summed E-state index contributed by atoms with van der Waals surface area (Å²) in [6.07, 6.45) is 2.57. The zero-order valence-corrected chi connectivity index (χ0v) is 20.5. The molecule has 0 radical (unpaired) electrons. The van der Waals surface area contributed by atoms with Crippen molar-refractivity contribution in [3.05, 3.63) is 65.4 Å². The molecule has 1 N–H and O–H groups in total. The van der Waals surface area contributed by atoms with E-state index in [4.69, 9.17) is 13.9 Å². The Hall–Kier alpha value is -3.59. The van der Waals surface area contributed by atoms with Crippen LogP contribution in [0, 0.1) is 0 Å². The van der Waals surface area contributed by atoms with Gasteiger partial charge in [-0.3, -0.25) is 14.3 Å². The van der Waals surface area contributed by atoms with Gasteiger partial charge in [-0.15, -0.1) is 0 Å². The highest BCUT2D eigenvalue weighted by Gasteiger charge is 2.26. The number of carbonyl (C=O) groups excluding carboxylic acids is 2. The predicted molar refractivity (Wildman–Crippen MR) is 131 cm³/mol. The van der Waals surface area contributed by atoms with Crippen molar-refractivity contribution in [3.63, 3.8) is 0 Å². The number of benzene rings is 1. The molecule has 186 valence electrons. The average Bonchev–Trinajstić information content (AvgIpc) is 3.54. The Morgan fingerprint density at radius 1 is 1.11 bits per heavy atom. The fourth-order valence-electron chi connectivity index (χ4n) is 3.90. The van der Waals surface area contributed by atoms with Crippen LogP contribution in [0.3, 0.4) is 0 Å². The summed E-state index contributed by atoms with van der Waals surface area (Å²) in [4.78, 5) is 27.7. The summed E-state index contributed by atoms with van der Waals surface area (Å²) in [6, 6.07) is 11.3. The molecule has 1 fully saturated rings. The molecule has 1 aliphatic heterocycles. The summed E-state index contributed by atoms with van der Waals surface area (Å²) in [5.74, 6) is 1.25. The second-order valence-corrected chi connectivity index (χ2v) is 8.51. The molecule has 2 amide bonds. The third-order valence-corrected chi connectivity index (χ3v) is 6.22. The summed E-state index contributed by atoms with van der Waals surface area (Å²) in [5.41, 5.74) is 1.97. The Labute approximate surface area is 205 Å². The molecule has 3 aromatic rings. The molecule has 0 saturated carbocycles. The van der Waals surface area contributed by atoms with E-state index in [0.717, 1.165) is 12.2 Å². The van der Waals surface area contributed by atoms with Crippen molar-refractivity contribution in [2.45, 2.75) is 46.3 Å². The third kappa shape index (κ3) is 5.74. The fraction of sp³-hybridized carbons (Fsp3) is 0.423. The number of furan rings is 1. The summed E-state index contributed by atoms with van der Waals surface area (Å²) < 4.78 is 18.4. The first-order valence-corrected chi connectivity index (χ1v) is 12.1. The maximum Gasteiger partial charge on any atom is 0.291 e. The number of hydrogen-bond acceptors (Lipinski definition) is 6. The van der Waals surface area contributed by atoms with Crippen LogP contribution in [-0.4, -0.2) is 52.8 Å². The number of nitrogens with zero attached hydrogens (tertiary/aromatic N) is 3. The van der Waals surface area contributed by atoms with Crippen molar-refractivity contribution in [1.82, 2.24) is 14.7 Å². The van der Waals surface area contributed by atoms with E-state index in [0.29, 0.717) is 55.9 Å². The number of nitrogens with one attached hydrogen (secondary N) is 1. The number of amides is 2. The van der Waals surface area contributed by atoms with Crippen LogP contribution in [0.15, 0.2) is 47.0 Å².